The van der Waals surface area contributed by atoms with Crippen molar-refractivity contribution in [2.45, 2.75) is 6.92 Å². The molecule has 2 aromatic rings. The van der Waals surface area contributed by atoms with E-state index in [1.807, 2.05) is 37.3 Å². The monoisotopic (exact) mass is 388 g/mol. The number of aromatic hydroxyl groups is 1. The zero-order chi connectivity index (χ0) is 18.8. The Balaban J connectivity index is 2.01. The number of ether oxygens (including phenoxy) is 1. The summed E-state index contributed by atoms with van der Waals surface area (Å²) < 4.78 is 5.39. The zero-order valence-electron chi connectivity index (χ0n) is 14.3. The Labute approximate surface area is 162 Å². The Morgan fingerprint density at radius 2 is 1.96 bits per heavy atom. The third-order valence-electron chi connectivity index (χ3n) is 3.93. The summed E-state index contributed by atoms with van der Waals surface area (Å²) in [7, 11) is 1.74. The van der Waals surface area contributed by atoms with E-state index in [9.17, 15) is 9.90 Å². The number of thiocarbonyl (C=S) groups is 1. The fraction of sp³-hybridized carbons (Fsp3) is 0.158. The number of halogens is 1. The number of hydrogen-bond acceptors (Lipinski definition) is 4. The summed E-state index contributed by atoms with van der Waals surface area (Å²) in [5, 5.41) is 10.5. The van der Waals surface area contributed by atoms with Gasteiger partial charge in [-0.1, -0.05) is 29.8 Å². The number of likely N-dealkylation sites (N-methyl/N-ethyl adjacent to an activating group) is 1. The normalized spacial score (nSPS) is 15.9. The number of phenols is 1. The summed E-state index contributed by atoms with van der Waals surface area (Å²) in [4.78, 5) is 16.0. The van der Waals surface area contributed by atoms with Gasteiger partial charge < -0.3 is 14.7 Å². The van der Waals surface area contributed by atoms with Crippen LogP contribution in [0.25, 0.3) is 6.08 Å². The molecule has 1 aliphatic rings. The first-order valence-corrected chi connectivity index (χ1v) is 8.76. The highest BCUT2D eigenvalue weighted by Crippen LogP contribution is 2.36. The summed E-state index contributed by atoms with van der Waals surface area (Å²) >= 11 is 11.5. The van der Waals surface area contributed by atoms with Gasteiger partial charge >= 0.3 is 0 Å². The van der Waals surface area contributed by atoms with Gasteiger partial charge in [0.05, 0.1) is 17.3 Å². The van der Waals surface area contributed by atoms with Crippen LogP contribution in [0, 0.1) is 0 Å². The summed E-state index contributed by atoms with van der Waals surface area (Å²) in [6, 6.07) is 12.4. The molecule has 1 saturated heterocycles. The van der Waals surface area contributed by atoms with Crippen molar-refractivity contribution in [2.24, 2.45) is 0 Å². The Hall–Kier alpha value is -2.57. The molecule has 1 fully saturated rings. The third-order valence-corrected chi connectivity index (χ3v) is 4.67. The van der Waals surface area contributed by atoms with Gasteiger partial charge in [-0.15, -0.1) is 0 Å². The van der Waals surface area contributed by atoms with Gasteiger partial charge in [-0.3, -0.25) is 9.69 Å². The highest BCUT2D eigenvalue weighted by atomic mass is 35.5. The second kappa shape index (κ2) is 7.35. The molecule has 134 valence electrons. The maximum Gasteiger partial charge on any atom is 0.281 e. The smallest absolute Gasteiger partial charge is 0.281 e. The Morgan fingerprint density at radius 3 is 2.62 bits per heavy atom. The van der Waals surface area contributed by atoms with Crippen LogP contribution in [0.5, 0.6) is 11.5 Å². The molecule has 0 saturated carbocycles. The van der Waals surface area contributed by atoms with Gasteiger partial charge in [-0.05, 0) is 55.0 Å². The third kappa shape index (κ3) is 3.25. The molecule has 0 aromatic heterocycles. The molecule has 0 unspecified atom stereocenters. The Morgan fingerprint density at radius 1 is 1.27 bits per heavy atom. The number of nitrogens with zero attached hydrogens (tertiary/aromatic N) is 2. The summed E-state index contributed by atoms with van der Waals surface area (Å²) in [6.45, 7) is 2.19. The van der Waals surface area contributed by atoms with Gasteiger partial charge in [0.2, 0.25) is 0 Å². The second-order valence-electron chi connectivity index (χ2n) is 5.63. The minimum absolute atomic E-state index is 0.122. The van der Waals surface area contributed by atoms with E-state index in [1.165, 1.54) is 4.90 Å². The molecule has 1 N–H and O–H groups in total. The molecule has 1 heterocycles. The van der Waals surface area contributed by atoms with Crippen molar-refractivity contribution in [3.8, 4) is 11.5 Å². The number of benzene rings is 2. The standard InChI is InChI=1S/C19H17ClN2O3S/c1-3-25-16-11-12(9-14(20)17(16)23)10-15-18(24)22(19(26)21(15)2)13-7-5-4-6-8-13/h4-11,23H,3H2,1-2H3/b15-10-. The first-order valence-electron chi connectivity index (χ1n) is 7.98. The van der Waals surface area contributed by atoms with Crippen molar-refractivity contribution in [1.29, 1.82) is 0 Å². The quantitative estimate of drug-likeness (QED) is 0.632. The molecule has 0 spiro atoms. The molecule has 0 aliphatic carbocycles. The molecule has 0 atom stereocenters. The number of amides is 1. The number of carbonyl (C=O) groups is 1. The number of carbonyl (C=O) groups excluding carboxylic acids is 1. The van der Waals surface area contributed by atoms with Crippen molar-refractivity contribution in [1.82, 2.24) is 4.90 Å². The van der Waals surface area contributed by atoms with Gasteiger partial charge in [0.1, 0.15) is 5.70 Å². The molecule has 1 amide bonds. The van der Waals surface area contributed by atoms with Crippen molar-refractivity contribution >= 4 is 46.6 Å². The molecule has 2 aromatic carbocycles. The van der Waals surface area contributed by atoms with Crippen molar-refractivity contribution in [3.63, 3.8) is 0 Å². The Bertz CT molecular complexity index is 899. The molecule has 0 bridgehead atoms. The van der Waals surface area contributed by atoms with Gasteiger partial charge in [0.15, 0.2) is 16.6 Å². The molecular weight excluding hydrogens is 372 g/mol. The lowest BCUT2D eigenvalue weighted by Crippen LogP contribution is -2.30. The molecule has 1 aliphatic heterocycles. The maximum absolute atomic E-state index is 12.9. The summed E-state index contributed by atoms with van der Waals surface area (Å²) in [5.41, 5.74) is 1.74. The van der Waals surface area contributed by atoms with Crippen LogP contribution in [0.1, 0.15) is 12.5 Å². The average Bonchev–Trinajstić information content (AvgIpc) is 2.83. The van der Waals surface area contributed by atoms with Gasteiger partial charge in [0.25, 0.3) is 5.91 Å². The maximum atomic E-state index is 12.9. The minimum Gasteiger partial charge on any atom is -0.503 e. The van der Waals surface area contributed by atoms with Crippen LogP contribution >= 0.6 is 23.8 Å². The van der Waals surface area contributed by atoms with E-state index < -0.39 is 0 Å². The predicted octanol–water partition coefficient (Wildman–Crippen LogP) is 4.05. The number of para-hydroxylation sites is 1. The van der Waals surface area contributed by atoms with Gasteiger partial charge in [-0.2, -0.15) is 0 Å². The first-order chi connectivity index (χ1) is 12.4. The minimum atomic E-state index is -0.231. The largest absolute Gasteiger partial charge is 0.503 e. The summed E-state index contributed by atoms with van der Waals surface area (Å²) in [5.74, 6) is -0.0866. The lowest BCUT2D eigenvalue weighted by atomic mass is 10.1. The Kier molecular flexibility index (Phi) is 5.15. The zero-order valence-corrected chi connectivity index (χ0v) is 15.8. The molecule has 7 heteroatoms. The van der Waals surface area contributed by atoms with E-state index in [0.29, 0.717) is 28.7 Å². The highest BCUT2D eigenvalue weighted by molar-refractivity contribution is 7.80. The number of rotatable bonds is 4. The van der Waals surface area contributed by atoms with Gasteiger partial charge in [-0.25, -0.2) is 0 Å². The van der Waals surface area contributed by atoms with Crippen LogP contribution in [-0.2, 0) is 4.79 Å². The van der Waals surface area contributed by atoms with E-state index in [4.69, 9.17) is 28.6 Å². The molecule has 5 nitrogen and oxygen atoms in total. The highest BCUT2D eigenvalue weighted by Gasteiger charge is 2.36. The molecular formula is C19H17ClN2O3S. The fourth-order valence-corrected chi connectivity index (χ4v) is 3.17. The van der Waals surface area contributed by atoms with Crippen molar-refractivity contribution < 1.29 is 14.6 Å². The van der Waals surface area contributed by atoms with E-state index in [2.05, 4.69) is 0 Å². The van der Waals surface area contributed by atoms with E-state index >= 15 is 0 Å². The SMILES string of the molecule is CCOc1cc(/C=C2/C(=O)N(c3ccccc3)C(=S)N2C)cc(Cl)c1O. The van der Waals surface area contributed by atoms with Crippen molar-refractivity contribution in [2.75, 3.05) is 18.6 Å². The lowest BCUT2D eigenvalue weighted by Gasteiger charge is -2.16. The summed E-state index contributed by atoms with van der Waals surface area (Å²) in [6.07, 6.45) is 1.67. The average molecular weight is 389 g/mol. The molecule has 26 heavy (non-hydrogen) atoms. The first kappa shape index (κ1) is 18.2. The predicted molar refractivity (Wildman–Crippen MR) is 107 cm³/mol. The number of anilines is 1. The number of phenolic OH excluding ortho intramolecular Hbond substituents is 1. The van der Waals surface area contributed by atoms with Crippen LogP contribution in [0.15, 0.2) is 48.2 Å². The lowest BCUT2D eigenvalue weighted by molar-refractivity contribution is -0.114. The van der Waals surface area contributed by atoms with Crippen LogP contribution in [0.4, 0.5) is 5.69 Å². The number of hydrogen-bond donors (Lipinski definition) is 1. The van der Waals surface area contributed by atoms with Crippen LogP contribution in [0.2, 0.25) is 5.02 Å². The second-order valence-corrected chi connectivity index (χ2v) is 6.40. The van der Waals surface area contributed by atoms with E-state index in [0.717, 1.165) is 0 Å². The molecule has 0 radical (unpaired) electrons. The van der Waals surface area contributed by atoms with Crippen LogP contribution < -0.4 is 9.64 Å². The van der Waals surface area contributed by atoms with E-state index in [-0.39, 0.29) is 22.4 Å². The topological polar surface area (TPSA) is 53.0 Å². The van der Waals surface area contributed by atoms with E-state index in [1.54, 1.807) is 30.2 Å². The molecule has 3 rings (SSSR count). The van der Waals surface area contributed by atoms with Crippen LogP contribution in [-0.4, -0.2) is 34.7 Å². The van der Waals surface area contributed by atoms with Gasteiger partial charge in [0, 0.05) is 7.05 Å². The van der Waals surface area contributed by atoms with Crippen molar-refractivity contribution in [3.05, 3.63) is 58.7 Å². The van der Waals surface area contributed by atoms with Crippen LogP contribution in [0.3, 0.4) is 0 Å². The fourth-order valence-electron chi connectivity index (χ4n) is 2.66.